The molecule has 2 heterocycles. The van der Waals surface area contributed by atoms with E-state index in [1.807, 2.05) is 0 Å². The summed E-state index contributed by atoms with van der Waals surface area (Å²) in [5, 5.41) is 13.0. The molecular formula is C30H20ClN3O7. The Hall–Kier alpha value is -5.06. The number of hydroxylamine groups is 1. The number of carbonyl (C=O) groups excluding carboxylic acids is 3. The van der Waals surface area contributed by atoms with E-state index in [1.165, 1.54) is 23.3 Å². The number of carbonyl (C=O) groups is 3. The second kappa shape index (κ2) is 10.5. The van der Waals surface area contributed by atoms with Gasteiger partial charge in [-0.25, -0.2) is 14.8 Å². The third-order valence-corrected chi connectivity index (χ3v) is 7.27. The van der Waals surface area contributed by atoms with E-state index in [9.17, 15) is 24.5 Å². The van der Waals surface area contributed by atoms with Crippen LogP contribution in [0.15, 0.2) is 103 Å². The van der Waals surface area contributed by atoms with E-state index in [0.29, 0.717) is 16.8 Å². The maximum Gasteiger partial charge on any atom is 0.343 e. The highest BCUT2D eigenvalue weighted by Crippen LogP contribution is 2.48. The minimum Gasteiger partial charge on any atom is -0.423 e. The van der Waals surface area contributed by atoms with Crippen molar-refractivity contribution in [2.24, 2.45) is 5.92 Å². The fraction of sp³-hybridized carbons (Fsp3) is 0.100. The topological polar surface area (TPSA) is 119 Å². The predicted molar refractivity (Wildman–Crippen MR) is 148 cm³/mol. The smallest absolute Gasteiger partial charge is 0.343 e. The SMILES string of the molecule is O=C(Oc1ccc(C2C3C(=O)N(c4ccccc4Cl)C(=O)C3ON2c2cccc([N+](=O)[O-])c2)cc1)c1ccccc1. The van der Waals surface area contributed by atoms with E-state index in [-0.39, 0.29) is 22.1 Å². The van der Waals surface area contributed by atoms with Gasteiger partial charge in [0.05, 0.1) is 32.9 Å². The number of rotatable bonds is 6. The number of para-hydroxylation sites is 1. The van der Waals surface area contributed by atoms with E-state index < -0.39 is 40.8 Å². The summed E-state index contributed by atoms with van der Waals surface area (Å²) in [6.07, 6.45) is -1.20. The van der Waals surface area contributed by atoms with Crippen LogP contribution in [0.2, 0.25) is 5.02 Å². The van der Waals surface area contributed by atoms with Crippen LogP contribution in [-0.4, -0.2) is 28.8 Å². The number of ether oxygens (including phenoxy) is 1. The van der Waals surface area contributed by atoms with Crippen LogP contribution in [-0.2, 0) is 14.4 Å². The number of fused-ring (bicyclic) bond motifs is 1. The summed E-state index contributed by atoms with van der Waals surface area (Å²) >= 11 is 6.32. The molecule has 41 heavy (non-hydrogen) atoms. The van der Waals surface area contributed by atoms with Gasteiger partial charge in [-0.3, -0.25) is 24.5 Å². The number of hydrogen-bond acceptors (Lipinski definition) is 8. The van der Waals surface area contributed by atoms with Crippen LogP contribution in [0.25, 0.3) is 0 Å². The van der Waals surface area contributed by atoms with Crippen molar-refractivity contribution >= 4 is 46.4 Å². The highest BCUT2D eigenvalue weighted by atomic mass is 35.5. The lowest BCUT2D eigenvalue weighted by Gasteiger charge is -2.29. The molecule has 6 rings (SSSR count). The Balaban J connectivity index is 1.37. The molecule has 2 aliphatic heterocycles. The van der Waals surface area contributed by atoms with Crippen LogP contribution in [0.3, 0.4) is 0 Å². The van der Waals surface area contributed by atoms with Crippen LogP contribution < -0.4 is 14.7 Å². The average molecular weight is 570 g/mol. The Labute approximate surface area is 238 Å². The lowest BCUT2D eigenvalue weighted by molar-refractivity contribution is -0.384. The molecule has 2 saturated heterocycles. The standard InChI is InChI=1S/C30H20ClN3O7/c31-23-11-4-5-12-24(23)32-28(35)25-26(18-13-15-22(16-14-18)40-30(37)19-7-2-1-3-8-19)33(41-27(25)29(32)36)20-9-6-10-21(17-20)34(38)39/h1-17,25-27H. The monoisotopic (exact) mass is 569 g/mol. The minimum absolute atomic E-state index is 0.180. The van der Waals surface area contributed by atoms with Gasteiger partial charge in [0.15, 0.2) is 6.10 Å². The molecule has 0 spiro atoms. The number of halogens is 1. The summed E-state index contributed by atoms with van der Waals surface area (Å²) in [7, 11) is 0. The molecule has 0 aliphatic carbocycles. The van der Waals surface area contributed by atoms with Gasteiger partial charge in [-0.15, -0.1) is 0 Å². The molecule has 4 aromatic rings. The molecule has 10 nitrogen and oxygen atoms in total. The third-order valence-electron chi connectivity index (χ3n) is 6.95. The first-order valence-electron chi connectivity index (χ1n) is 12.5. The van der Waals surface area contributed by atoms with Gasteiger partial charge in [-0.2, -0.15) is 0 Å². The van der Waals surface area contributed by atoms with Gasteiger partial charge >= 0.3 is 5.97 Å². The number of nitro groups is 1. The van der Waals surface area contributed by atoms with Gasteiger partial charge in [-0.1, -0.05) is 60.1 Å². The number of hydrogen-bond donors (Lipinski definition) is 0. The van der Waals surface area contributed by atoms with Crippen LogP contribution in [0, 0.1) is 16.0 Å². The summed E-state index contributed by atoms with van der Waals surface area (Å²) in [5.74, 6) is -2.37. The van der Waals surface area contributed by atoms with Crippen molar-refractivity contribution in [3.8, 4) is 5.75 Å². The molecule has 4 aromatic carbocycles. The fourth-order valence-electron chi connectivity index (χ4n) is 5.06. The maximum absolute atomic E-state index is 13.8. The summed E-state index contributed by atoms with van der Waals surface area (Å²) < 4.78 is 5.48. The zero-order valence-corrected chi connectivity index (χ0v) is 21.9. The molecule has 204 valence electrons. The number of nitrogens with zero attached hydrogens (tertiary/aromatic N) is 3. The quantitative estimate of drug-likeness (QED) is 0.0979. The molecule has 0 aromatic heterocycles. The van der Waals surface area contributed by atoms with Crippen molar-refractivity contribution in [1.29, 1.82) is 0 Å². The second-order valence-electron chi connectivity index (χ2n) is 9.39. The van der Waals surface area contributed by atoms with Gasteiger partial charge in [0.25, 0.3) is 11.6 Å². The third kappa shape index (κ3) is 4.69. The van der Waals surface area contributed by atoms with Crippen molar-refractivity contribution in [1.82, 2.24) is 0 Å². The first kappa shape index (κ1) is 26.2. The molecular weight excluding hydrogens is 550 g/mol. The summed E-state index contributed by atoms with van der Waals surface area (Å²) in [4.78, 5) is 57.8. The van der Waals surface area contributed by atoms with Gasteiger partial charge in [0.2, 0.25) is 5.91 Å². The van der Waals surface area contributed by atoms with Crippen LogP contribution >= 0.6 is 11.6 Å². The zero-order chi connectivity index (χ0) is 28.7. The fourth-order valence-corrected chi connectivity index (χ4v) is 5.28. The average Bonchev–Trinajstić information content (AvgIpc) is 3.50. The van der Waals surface area contributed by atoms with Gasteiger partial charge in [0.1, 0.15) is 11.7 Å². The van der Waals surface area contributed by atoms with Gasteiger partial charge in [0, 0.05) is 12.1 Å². The Kier molecular flexibility index (Phi) is 6.70. The van der Waals surface area contributed by atoms with E-state index in [4.69, 9.17) is 21.2 Å². The molecule has 2 aliphatic rings. The van der Waals surface area contributed by atoms with Crippen molar-refractivity contribution < 1.29 is 28.9 Å². The highest BCUT2D eigenvalue weighted by molar-refractivity contribution is 6.36. The van der Waals surface area contributed by atoms with Crippen molar-refractivity contribution in [3.05, 3.63) is 129 Å². The van der Waals surface area contributed by atoms with Gasteiger partial charge < -0.3 is 4.74 Å². The largest absolute Gasteiger partial charge is 0.423 e. The number of nitro benzene ring substituents is 1. The Morgan fingerprint density at radius 3 is 2.29 bits per heavy atom. The summed E-state index contributed by atoms with van der Waals surface area (Å²) in [6, 6.07) is 26.4. The Morgan fingerprint density at radius 2 is 1.59 bits per heavy atom. The lowest BCUT2D eigenvalue weighted by atomic mass is 9.90. The number of amides is 2. The Bertz CT molecular complexity index is 1680. The molecule has 3 atom stereocenters. The van der Waals surface area contributed by atoms with Crippen molar-refractivity contribution in [3.63, 3.8) is 0 Å². The van der Waals surface area contributed by atoms with Gasteiger partial charge in [-0.05, 0) is 48.0 Å². The molecule has 2 amide bonds. The number of esters is 1. The predicted octanol–water partition coefficient (Wildman–Crippen LogP) is 5.52. The number of imide groups is 1. The molecule has 0 radical (unpaired) electrons. The first-order valence-corrected chi connectivity index (χ1v) is 12.9. The molecule has 3 unspecified atom stereocenters. The van der Waals surface area contributed by atoms with E-state index in [0.717, 1.165) is 4.90 Å². The van der Waals surface area contributed by atoms with Crippen LogP contribution in [0.4, 0.5) is 17.1 Å². The van der Waals surface area contributed by atoms with Crippen molar-refractivity contribution in [2.75, 3.05) is 9.96 Å². The van der Waals surface area contributed by atoms with Crippen LogP contribution in [0.5, 0.6) is 5.75 Å². The molecule has 11 heteroatoms. The van der Waals surface area contributed by atoms with E-state index in [2.05, 4.69) is 0 Å². The molecule has 2 fully saturated rings. The highest BCUT2D eigenvalue weighted by Gasteiger charge is 2.60. The summed E-state index contributed by atoms with van der Waals surface area (Å²) in [6.45, 7) is 0. The van der Waals surface area contributed by atoms with E-state index >= 15 is 0 Å². The number of non-ortho nitro benzene ring substituents is 1. The van der Waals surface area contributed by atoms with Crippen LogP contribution in [0.1, 0.15) is 22.0 Å². The number of benzene rings is 4. The lowest BCUT2D eigenvalue weighted by Crippen LogP contribution is -2.37. The molecule has 0 saturated carbocycles. The molecule has 0 bridgehead atoms. The number of anilines is 2. The minimum atomic E-state index is -1.20. The normalized spacial score (nSPS) is 19.8. The zero-order valence-electron chi connectivity index (χ0n) is 21.1. The maximum atomic E-state index is 13.8. The Morgan fingerprint density at radius 1 is 0.878 bits per heavy atom. The van der Waals surface area contributed by atoms with Crippen molar-refractivity contribution in [2.45, 2.75) is 12.1 Å². The second-order valence-corrected chi connectivity index (χ2v) is 9.79. The first-order chi connectivity index (χ1) is 19.8. The molecule has 0 N–H and O–H groups in total. The van der Waals surface area contributed by atoms with E-state index in [1.54, 1.807) is 84.9 Å². The summed E-state index contributed by atoms with van der Waals surface area (Å²) in [5.41, 5.74) is 1.30.